The molecule has 7 nitrogen and oxygen atoms in total. The number of hydrogen-bond donors (Lipinski definition) is 1. The van der Waals surface area contributed by atoms with E-state index in [1.54, 1.807) is 32.9 Å². The van der Waals surface area contributed by atoms with Crippen LogP contribution in [0.1, 0.15) is 60.5 Å². The zero-order valence-corrected chi connectivity index (χ0v) is 22.5. The average molecular weight is 529 g/mol. The molecule has 1 N–H and O–H groups in total. The fourth-order valence-corrected chi connectivity index (χ4v) is 6.25. The van der Waals surface area contributed by atoms with Crippen molar-refractivity contribution in [2.45, 2.75) is 63.6 Å². The minimum atomic E-state index is -3.36. The van der Waals surface area contributed by atoms with Gasteiger partial charge >= 0.3 is 5.97 Å². The zero-order chi connectivity index (χ0) is 24.2. The first kappa shape index (κ1) is 28.3. The Labute approximate surface area is 212 Å². The number of sulfone groups is 1. The lowest BCUT2D eigenvalue weighted by molar-refractivity contribution is -0.115. The monoisotopic (exact) mass is 528 g/mol. The van der Waals surface area contributed by atoms with Crippen LogP contribution in [-0.4, -0.2) is 50.1 Å². The number of fused-ring (bicyclic) bond motifs is 1. The van der Waals surface area contributed by atoms with Crippen molar-refractivity contribution in [3.05, 3.63) is 45.8 Å². The number of rotatable bonds is 9. The molecule has 3 rings (SSSR count). The van der Waals surface area contributed by atoms with Gasteiger partial charge in [0.1, 0.15) is 5.00 Å². The summed E-state index contributed by atoms with van der Waals surface area (Å²) < 4.78 is 29.9. The van der Waals surface area contributed by atoms with Crippen LogP contribution in [0.25, 0.3) is 0 Å². The van der Waals surface area contributed by atoms with Crippen molar-refractivity contribution >= 4 is 50.5 Å². The Kier molecular flexibility index (Phi) is 10.1. The van der Waals surface area contributed by atoms with E-state index in [0.29, 0.717) is 16.1 Å². The number of nitrogens with zero attached hydrogens (tertiary/aromatic N) is 1. The van der Waals surface area contributed by atoms with Crippen molar-refractivity contribution in [1.29, 1.82) is 0 Å². The number of amides is 1. The van der Waals surface area contributed by atoms with Gasteiger partial charge in [-0.25, -0.2) is 13.2 Å². The molecule has 0 unspecified atom stereocenters. The van der Waals surface area contributed by atoms with Crippen LogP contribution in [0.5, 0.6) is 0 Å². The maximum absolute atomic E-state index is 12.8. The van der Waals surface area contributed by atoms with Gasteiger partial charge in [-0.3, -0.25) is 9.69 Å². The third-order valence-electron chi connectivity index (χ3n) is 5.65. The van der Waals surface area contributed by atoms with Gasteiger partial charge in [0.25, 0.3) is 0 Å². The fraction of sp³-hybridized carbons (Fsp3) is 0.500. The SMILES string of the molecule is CCCN1CCc2c(sc(NC(=O)Cc3ccc(S(=O)(=O)C(C)C)cc3)c2C(=O)OCC)C1.Cl. The second-order valence-corrected chi connectivity index (χ2v) is 12.0. The summed E-state index contributed by atoms with van der Waals surface area (Å²) in [6, 6.07) is 6.38. The van der Waals surface area contributed by atoms with Gasteiger partial charge < -0.3 is 10.1 Å². The van der Waals surface area contributed by atoms with Crippen LogP contribution in [0.3, 0.4) is 0 Å². The molecule has 1 aromatic carbocycles. The molecular weight excluding hydrogens is 496 g/mol. The summed E-state index contributed by atoms with van der Waals surface area (Å²) in [4.78, 5) is 29.2. The predicted octanol–water partition coefficient (Wildman–Crippen LogP) is 4.48. The molecule has 0 fully saturated rings. The van der Waals surface area contributed by atoms with Gasteiger partial charge in [0.15, 0.2) is 9.84 Å². The first-order valence-electron chi connectivity index (χ1n) is 11.3. The largest absolute Gasteiger partial charge is 0.462 e. The van der Waals surface area contributed by atoms with Crippen LogP contribution in [-0.2, 0) is 38.8 Å². The number of carbonyl (C=O) groups excluding carboxylic acids is 2. The van der Waals surface area contributed by atoms with Gasteiger partial charge in [0.2, 0.25) is 5.91 Å². The molecule has 0 spiro atoms. The van der Waals surface area contributed by atoms with Gasteiger partial charge in [-0.05, 0) is 63.4 Å². The number of esters is 1. The number of hydrogen-bond acceptors (Lipinski definition) is 7. The van der Waals surface area contributed by atoms with Gasteiger partial charge in [-0.2, -0.15) is 0 Å². The van der Waals surface area contributed by atoms with Gasteiger partial charge in [-0.15, -0.1) is 23.7 Å². The molecule has 188 valence electrons. The normalized spacial score (nSPS) is 13.8. The highest BCUT2D eigenvalue weighted by atomic mass is 35.5. The van der Waals surface area contributed by atoms with E-state index >= 15 is 0 Å². The lowest BCUT2D eigenvalue weighted by Crippen LogP contribution is -2.30. The van der Waals surface area contributed by atoms with E-state index in [1.807, 2.05) is 0 Å². The highest BCUT2D eigenvalue weighted by Gasteiger charge is 2.29. The second-order valence-electron chi connectivity index (χ2n) is 8.42. The Bertz CT molecular complexity index is 1110. The lowest BCUT2D eigenvalue weighted by Gasteiger charge is -2.26. The smallest absolute Gasteiger partial charge is 0.341 e. The summed E-state index contributed by atoms with van der Waals surface area (Å²) >= 11 is 1.44. The van der Waals surface area contributed by atoms with Crippen LogP contribution in [0.4, 0.5) is 5.00 Å². The van der Waals surface area contributed by atoms with E-state index in [0.717, 1.165) is 42.9 Å². The maximum atomic E-state index is 12.8. The Hall–Kier alpha value is -1.94. The first-order valence-corrected chi connectivity index (χ1v) is 13.7. The van der Waals surface area contributed by atoms with Crippen molar-refractivity contribution in [3.63, 3.8) is 0 Å². The minimum Gasteiger partial charge on any atom is -0.462 e. The second kappa shape index (κ2) is 12.2. The summed E-state index contributed by atoms with van der Waals surface area (Å²) in [5, 5.41) is 2.93. The van der Waals surface area contributed by atoms with E-state index in [9.17, 15) is 18.0 Å². The van der Waals surface area contributed by atoms with Crippen molar-refractivity contribution < 1.29 is 22.7 Å². The molecule has 10 heteroatoms. The fourth-order valence-electron chi connectivity index (χ4n) is 3.90. The molecule has 1 amide bonds. The van der Waals surface area contributed by atoms with Gasteiger partial charge in [0, 0.05) is 18.0 Å². The molecular formula is C24H33ClN2O5S2. The molecule has 1 aliphatic rings. The van der Waals surface area contributed by atoms with Gasteiger partial charge in [0.05, 0.1) is 28.7 Å². The van der Waals surface area contributed by atoms with Crippen molar-refractivity contribution in [3.8, 4) is 0 Å². The number of anilines is 1. The minimum absolute atomic E-state index is 0. The summed E-state index contributed by atoms with van der Waals surface area (Å²) in [6.45, 7) is 10.1. The van der Waals surface area contributed by atoms with Crippen LogP contribution in [0.2, 0.25) is 0 Å². The Morgan fingerprint density at radius 3 is 2.44 bits per heavy atom. The van der Waals surface area contributed by atoms with E-state index in [-0.39, 0.29) is 36.2 Å². The lowest BCUT2D eigenvalue weighted by atomic mass is 10.0. The van der Waals surface area contributed by atoms with Crippen LogP contribution >= 0.6 is 23.7 Å². The quantitative estimate of drug-likeness (QED) is 0.482. The first-order chi connectivity index (χ1) is 15.7. The standard InChI is InChI=1S/C24H32N2O5S2.ClH/c1-5-12-26-13-11-19-20(15-26)32-23(22(19)24(28)31-6-2)25-21(27)14-17-7-9-18(10-8-17)33(29,30)16(3)4;/h7-10,16H,5-6,11-15H2,1-4H3,(H,25,27);1H. The molecule has 2 heterocycles. The Balaban J connectivity index is 0.00000408. The highest BCUT2D eigenvalue weighted by molar-refractivity contribution is 7.92. The molecule has 0 atom stereocenters. The number of carbonyl (C=O) groups is 2. The number of thiophene rings is 1. The van der Waals surface area contributed by atoms with Crippen LogP contribution in [0, 0.1) is 0 Å². The molecule has 0 radical (unpaired) electrons. The molecule has 34 heavy (non-hydrogen) atoms. The van der Waals surface area contributed by atoms with Gasteiger partial charge in [-0.1, -0.05) is 19.1 Å². The summed E-state index contributed by atoms with van der Waals surface area (Å²) in [5.41, 5.74) is 2.15. The summed E-state index contributed by atoms with van der Waals surface area (Å²) in [5.74, 6) is -0.665. The van der Waals surface area contributed by atoms with E-state index in [2.05, 4.69) is 17.1 Å². The molecule has 1 aliphatic heterocycles. The van der Waals surface area contributed by atoms with Crippen molar-refractivity contribution in [1.82, 2.24) is 4.90 Å². The number of nitrogens with one attached hydrogen (secondary N) is 1. The molecule has 2 aromatic rings. The summed E-state index contributed by atoms with van der Waals surface area (Å²) in [6.07, 6.45) is 1.89. The maximum Gasteiger partial charge on any atom is 0.341 e. The molecule has 0 saturated carbocycles. The number of benzene rings is 1. The topological polar surface area (TPSA) is 92.8 Å². The molecule has 1 aromatic heterocycles. The molecule has 0 aliphatic carbocycles. The number of halogens is 1. The Morgan fingerprint density at radius 2 is 1.85 bits per heavy atom. The molecule has 0 saturated heterocycles. The van der Waals surface area contributed by atoms with E-state index in [4.69, 9.17) is 4.74 Å². The van der Waals surface area contributed by atoms with E-state index < -0.39 is 21.1 Å². The third-order valence-corrected chi connectivity index (χ3v) is 8.95. The highest BCUT2D eigenvalue weighted by Crippen LogP contribution is 2.37. The number of ether oxygens (including phenoxy) is 1. The zero-order valence-electron chi connectivity index (χ0n) is 20.0. The van der Waals surface area contributed by atoms with Crippen LogP contribution in [0.15, 0.2) is 29.2 Å². The average Bonchev–Trinajstić information content (AvgIpc) is 3.11. The predicted molar refractivity (Wildman–Crippen MR) is 138 cm³/mol. The molecule has 0 bridgehead atoms. The third kappa shape index (κ3) is 6.38. The van der Waals surface area contributed by atoms with E-state index in [1.165, 1.54) is 23.5 Å². The Morgan fingerprint density at radius 1 is 1.18 bits per heavy atom. The van der Waals surface area contributed by atoms with Crippen molar-refractivity contribution in [2.75, 3.05) is 25.0 Å². The summed E-state index contributed by atoms with van der Waals surface area (Å²) in [7, 11) is -3.36. The van der Waals surface area contributed by atoms with Crippen molar-refractivity contribution in [2.24, 2.45) is 0 Å². The van der Waals surface area contributed by atoms with Crippen LogP contribution < -0.4 is 5.32 Å².